The summed E-state index contributed by atoms with van der Waals surface area (Å²) in [5.74, 6) is 0. The third-order valence-electron chi connectivity index (χ3n) is 3.77. The van der Waals surface area contributed by atoms with Crippen molar-refractivity contribution < 1.29 is 13.3 Å². The molecule has 1 aromatic carbocycles. The molecule has 0 radical (unpaired) electrons. The average molecular weight is 352 g/mol. The molecule has 1 unspecified atom stereocenters. The number of hydrogen-bond acceptors (Lipinski definition) is 5. The Kier molecular flexibility index (Phi) is 5.25. The number of nitro groups is 1. The quantitative estimate of drug-likeness (QED) is 0.583. The van der Waals surface area contributed by atoms with Gasteiger partial charge in [-0.05, 0) is 38.0 Å². The molecule has 1 aromatic heterocycles. The van der Waals surface area contributed by atoms with Crippen molar-refractivity contribution in [1.82, 2.24) is 4.57 Å². The lowest BCUT2D eigenvalue weighted by atomic mass is 10.1. The number of nitrogens with one attached hydrogen (secondary N) is 1. The second kappa shape index (κ2) is 7.02. The van der Waals surface area contributed by atoms with Crippen LogP contribution in [-0.2, 0) is 23.5 Å². The number of nitrogens with zero attached hydrogens (tertiary/aromatic N) is 2. The molecule has 8 nitrogen and oxygen atoms in total. The fourth-order valence-electron chi connectivity index (χ4n) is 2.45. The number of primary sulfonamides is 1. The Labute approximate surface area is 140 Å². The van der Waals surface area contributed by atoms with Gasteiger partial charge in [0.25, 0.3) is 5.69 Å². The van der Waals surface area contributed by atoms with E-state index in [1.54, 1.807) is 0 Å². The van der Waals surface area contributed by atoms with Crippen molar-refractivity contribution in [3.8, 4) is 0 Å². The third-order valence-corrected chi connectivity index (χ3v) is 4.74. The topological polar surface area (TPSA) is 120 Å². The summed E-state index contributed by atoms with van der Waals surface area (Å²) < 4.78 is 25.4. The number of benzene rings is 1. The molecule has 2 rings (SSSR count). The molecule has 0 bridgehead atoms. The highest BCUT2D eigenvalue weighted by Crippen LogP contribution is 2.26. The SMILES string of the molecule is CC(CCc1cccn1C)Nc1cc([N+](=O)[O-])ccc1S(N)(=O)=O. The molecule has 0 aliphatic carbocycles. The molecule has 3 N–H and O–H groups in total. The second-order valence-electron chi connectivity index (χ2n) is 5.68. The second-order valence-corrected chi connectivity index (χ2v) is 7.21. The van der Waals surface area contributed by atoms with E-state index in [1.165, 1.54) is 6.07 Å². The average Bonchev–Trinajstić information content (AvgIpc) is 2.89. The molecule has 0 saturated carbocycles. The first kappa shape index (κ1) is 18.0. The van der Waals surface area contributed by atoms with Crippen molar-refractivity contribution in [2.75, 3.05) is 5.32 Å². The molecule has 0 fully saturated rings. The van der Waals surface area contributed by atoms with Crippen LogP contribution in [0.2, 0.25) is 0 Å². The number of non-ortho nitro benzene ring substituents is 1. The summed E-state index contributed by atoms with van der Waals surface area (Å²) >= 11 is 0. The lowest BCUT2D eigenvalue weighted by Crippen LogP contribution is -2.21. The van der Waals surface area contributed by atoms with E-state index in [1.807, 2.05) is 36.9 Å². The molecule has 0 saturated heterocycles. The highest BCUT2D eigenvalue weighted by atomic mass is 32.2. The van der Waals surface area contributed by atoms with Crippen LogP contribution in [0.3, 0.4) is 0 Å². The predicted octanol–water partition coefficient (Wildman–Crippen LogP) is 2.01. The number of anilines is 1. The summed E-state index contributed by atoms with van der Waals surface area (Å²) in [7, 11) is -2.02. The molecule has 1 heterocycles. The Hall–Kier alpha value is -2.39. The van der Waals surface area contributed by atoms with Crippen LogP contribution >= 0.6 is 0 Å². The Morgan fingerprint density at radius 1 is 1.38 bits per heavy atom. The minimum Gasteiger partial charge on any atom is -0.381 e. The molecule has 0 amide bonds. The minimum absolute atomic E-state index is 0.0950. The molecular weight excluding hydrogens is 332 g/mol. The Morgan fingerprint density at radius 2 is 2.08 bits per heavy atom. The number of hydrogen-bond donors (Lipinski definition) is 2. The van der Waals surface area contributed by atoms with Crippen LogP contribution in [0.5, 0.6) is 0 Å². The fourth-order valence-corrected chi connectivity index (χ4v) is 3.13. The lowest BCUT2D eigenvalue weighted by Gasteiger charge is -2.17. The molecule has 0 aliphatic rings. The van der Waals surface area contributed by atoms with Crippen molar-refractivity contribution >= 4 is 21.4 Å². The van der Waals surface area contributed by atoms with Gasteiger partial charge in [0.2, 0.25) is 10.0 Å². The molecule has 2 aromatic rings. The van der Waals surface area contributed by atoms with E-state index in [2.05, 4.69) is 5.32 Å². The maximum Gasteiger partial charge on any atom is 0.271 e. The van der Waals surface area contributed by atoms with E-state index >= 15 is 0 Å². The predicted molar refractivity (Wildman–Crippen MR) is 91.3 cm³/mol. The smallest absolute Gasteiger partial charge is 0.271 e. The third kappa shape index (κ3) is 4.33. The van der Waals surface area contributed by atoms with Crippen LogP contribution in [0.25, 0.3) is 0 Å². The Morgan fingerprint density at radius 3 is 2.62 bits per heavy atom. The highest BCUT2D eigenvalue weighted by molar-refractivity contribution is 7.89. The maximum atomic E-state index is 11.7. The summed E-state index contributed by atoms with van der Waals surface area (Å²) in [6.45, 7) is 1.88. The molecule has 9 heteroatoms. The van der Waals surface area contributed by atoms with Gasteiger partial charge in [-0.3, -0.25) is 10.1 Å². The molecule has 1 atom stereocenters. The van der Waals surface area contributed by atoms with E-state index in [9.17, 15) is 18.5 Å². The van der Waals surface area contributed by atoms with Crippen LogP contribution in [0.15, 0.2) is 41.4 Å². The molecular formula is C15H20N4O4S. The van der Waals surface area contributed by atoms with Crippen molar-refractivity contribution in [3.63, 3.8) is 0 Å². The van der Waals surface area contributed by atoms with Gasteiger partial charge >= 0.3 is 0 Å². The zero-order valence-electron chi connectivity index (χ0n) is 13.5. The van der Waals surface area contributed by atoms with E-state index in [-0.39, 0.29) is 22.3 Å². The van der Waals surface area contributed by atoms with Crippen molar-refractivity contribution in [3.05, 3.63) is 52.3 Å². The first-order valence-corrected chi connectivity index (χ1v) is 8.91. The maximum absolute atomic E-state index is 11.7. The standard InChI is InChI=1S/C15H20N4O4S/c1-11(5-6-12-4-3-9-18(12)2)17-14-10-13(19(20)21)7-8-15(14)24(16,22)23/h3-4,7-11,17H,5-6H2,1-2H3,(H2,16,22,23). The van der Waals surface area contributed by atoms with Gasteiger partial charge in [-0.2, -0.15) is 0 Å². The first-order chi connectivity index (χ1) is 11.2. The Bertz CT molecular complexity index is 845. The van der Waals surface area contributed by atoms with Gasteiger partial charge in [-0.25, -0.2) is 13.6 Å². The van der Waals surface area contributed by atoms with E-state index < -0.39 is 14.9 Å². The summed E-state index contributed by atoms with van der Waals surface area (Å²) in [6, 6.07) is 7.34. The van der Waals surface area contributed by atoms with Crippen molar-refractivity contribution in [2.45, 2.75) is 30.7 Å². The number of sulfonamides is 1. The molecule has 0 aliphatic heterocycles. The lowest BCUT2D eigenvalue weighted by molar-refractivity contribution is -0.384. The zero-order valence-corrected chi connectivity index (χ0v) is 14.3. The first-order valence-electron chi connectivity index (χ1n) is 7.36. The number of rotatable bonds is 7. The number of nitrogens with two attached hydrogens (primary N) is 1. The van der Waals surface area contributed by atoms with E-state index in [4.69, 9.17) is 5.14 Å². The van der Waals surface area contributed by atoms with Crippen LogP contribution in [0.4, 0.5) is 11.4 Å². The number of aromatic nitrogens is 1. The molecule has 24 heavy (non-hydrogen) atoms. The molecule has 130 valence electrons. The van der Waals surface area contributed by atoms with Gasteiger partial charge in [0.15, 0.2) is 0 Å². The monoisotopic (exact) mass is 352 g/mol. The minimum atomic E-state index is -3.98. The van der Waals surface area contributed by atoms with Crippen molar-refractivity contribution in [1.29, 1.82) is 0 Å². The van der Waals surface area contributed by atoms with E-state index in [0.717, 1.165) is 30.7 Å². The summed E-state index contributed by atoms with van der Waals surface area (Å²) in [4.78, 5) is 10.2. The molecule has 0 spiro atoms. The van der Waals surface area contributed by atoms with Crippen LogP contribution in [0, 0.1) is 10.1 Å². The van der Waals surface area contributed by atoms with Crippen molar-refractivity contribution in [2.24, 2.45) is 12.2 Å². The van der Waals surface area contributed by atoms with Gasteiger partial charge in [0.1, 0.15) is 4.90 Å². The van der Waals surface area contributed by atoms with Gasteiger partial charge in [0.05, 0.1) is 10.6 Å². The van der Waals surface area contributed by atoms with Crippen LogP contribution in [0.1, 0.15) is 19.0 Å². The van der Waals surface area contributed by atoms with Crippen LogP contribution in [-0.4, -0.2) is 24.0 Å². The highest BCUT2D eigenvalue weighted by Gasteiger charge is 2.19. The number of nitro benzene ring substituents is 1. The normalized spacial score (nSPS) is 12.8. The van der Waals surface area contributed by atoms with Gasteiger partial charge in [-0.15, -0.1) is 0 Å². The zero-order chi connectivity index (χ0) is 17.9. The van der Waals surface area contributed by atoms with Crippen LogP contribution < -0.4 is 10.5 Å². The van der Waals surface area contributed by atoms with Gasteiger partial charge < -0.3 is 9.88 Å². The summed E-state index contributed by atoms with van der Waals surface area (Å²) in [5, 5.41) is 19.1. The summed E-state index contributed by atoms with van der Waals surface area (Å²) in [5.41, 5.74) is 1.10. The number of aryl methyl sites for hydroxylation is 2. The largest absolute Gasteiger partial charge is 0.381 e. The summed E-state index contributed by atoms with van der Waals surface area (Å²) in [6.07, 6.45) is 3.47. The fraction of sp³-hybridized carbons (Fsp3) is 0.333. The van der Waals surface area contributed by atoms with Gasteiger partial charge in [-0.1, -0.05) is 0 Å². The van der Waals surface area contributed by atoms with E-state index in [0.29, 0.717) is 0 Å². The Balaban J connectivity index is 2.18. The van der Waals surface area contributed by atoms with Gasteiger partial charge in [0, 0.05) is 37.1 Å².